The summed E-state index contributed by atoms with van der Waals surface area (Å²) in [6.45, 7) is 1.22. The van der Waals surface area contributed by atoms with E-state index in [0.29, 0.717) is 16.3 Å². The molecule has 0 spiro atoms. The summed E-state index contributed by atoms with van der Waals surface area (Å²) in [4.78, 5) is 4.70. The number of methoxy groups -OCH3 is 1. The number of ether oxygens (including phenoxy) is 1. The van der Waals surface area contributed by atoms with Gasteiger partial charge in [-0.05, 0) is 24.1 Å². The van der Waals surface area contributed by atoms with Gasteiger partial charge in [0.2, 0.25) is 11.5 Å². The first kappa shape index (κ1) is 24.3. The maximum Gasteiger partial charge on any atom is 0.422 e. The topological polar surface area (TPSA) is 121 Å². The van der Waals surface area contributed by atoms with Crippen LogP contribution >= 0.6 is 11.3 Å². The average molecular weight is 478 g/mol. The predicted molar refractivity (Wildman–Crippen MR) is 120 cm³/mol. The van der Waals surface area contributed by atoms with Gasteiger partial charge in [-0.15, -0.1) is 11.3 Å². The van der Waals surface area contributed by atoms with Crippen LogP contribution in [0.5, 0.6) is 5.88 Å². The number of benzene rings is 1. The van der Waals surface area contributed by atoms with Crippen molar-refractivity contribution in [3.8, 4) is 23.1 Å². The quantitative estimate of drug-likeness (QED) is 0.347. The number of alkyl halides is 3. The van der Waals surface area contributed by atoms with Gasteiger partial charge in [-0.25, -0.2) is 10.8 Å². The Labute approximate surface area is 192 Å². The highest BCUT2D eigenvalue weighted by atomic mass is 32.1. The zero-order valence-corrected chi connectivity index (χ0v) is 18.7. The molecule has 0 fully saturated rings. The van der Waals surface area contributed by atoms with E-state index in [1.54, 1.807) is 24.4 Å². The number of thiophene rings is 1. The lowest BCUT2D eigenvalue weighted by atomic mass is 9.96. The van der Waals surface area contributed by atoms with Crippen LogP contribution in [-0.4, -0.2) is 34.0 Å². The van der Waals surface area contributed by atoms with Gasteiger partial charge in [0.25, 0.3) is 0 Å². The highest BCUT2D eigenvalue weighted by Gasteiger charge is 2.54. The van der Waals surface area contributed by atoms with Gasteiger partial charge in [-0.2, -0.15) is 18.4 Å². The fourth-order valence-electron chi connectivity index (χ4n) is 3.36. The molecule has 33 heavy (non-hydrogen) atoms. The molecule has 3 rings (SSSR count). The second kappa shape index (κ2) is 9.27. The normalized spacial score (nSPS) is 14.1. The van der Waals surface area contributed by atoms with Crippen molar-refractivity contribution < 1.29 is 23.0 Å². The molecular formula is C22H22F3N5O2S. The zero-order valence-electron chi connectivity index (χ0n) is 17.8. The second-order valence-electron chi connectivity index (χ2n) is 7.31. The van der Waals surface area contributed by atoms with Crippen LogP contribution < -0.4 is 16.3 Å². The molecule has 0 saturated carbocycles. The summed E-state index contributed by atoms with van der Waals surface area (Å²) in [5.74, 6) is 6.31. The van der Waals surface area contributed by atoms with Crippen molar-refractivity contribution in [1.29, 1.82) is 5.26 Å². The summed E-state index contributed by atoms with van der Waals surface area (Å²) < 4.78 is 45.5. The van der Waals surface area contributed by atoms with Gasteiger partial charge in [-0.1, -0.05) is 19.1 Å². The monoisotopic (exact) mass is 477 g/mol. The lowest BCUT2D eigenvalue weighted by Gasteiger charge is -2.30. The standard InChI is InChI=1S/C22H22F3N5O2S/c1-3-21(31,22(23,24)25)18(27)12-30(28)11-13-4-6-15-16(8-13)33-17(9-26)20(15)14-5-7-19(32-2)29-10-14/h4-8,10,12,31H,3,11,27-28H2,1-2H3/b18-12-. The van der Waals surface area contributed by atoms with Gasteiger partial charge < -0.3 is 20.6 Å². The number of hydrazine groups is 1. The molecule has 2 heterocycles. The number of nitriles is 1. The summed E-state index contributed by atoms with van der Waals surface area (Å²) >= 11 is 1.29. The van der Waals surface area contributed by atoms with Gasteiger partial charge in [0.15, 0.2) is 0 Å². The fraction of sp³-hybridized carbons (Fsp3) is 0.273. The van der Waals surface area contributed by atoms with Gasteiger partial charge in [0.1, 0.15) is 10.9 Å². The third kappa shape index (κ3) is 4.73. The van der Waals surface area contributed by atoms with Crippen molar-refractivity contribution in [3.63, 3.8) is 0 Å². The van der Waals surface area contributed by atoms with E-state index in [4.69, 9.17) is 16.3 Å². The second-order valence-corrected chi connectivity index (χ2v) is 8.36. The largest absolute Gasteiger partial charge is 0.481 e. The van der Waals surface area contributed by atoms with Crippen molar-refractivity contribution >= 4 is 21.4 Å². The number of halogens is 3. The molecule has 11 heteroatoms. The Balaban J connectivity index is 1.91. The predicted octanol–water partition coefficient (Wildman–Crippen LogP) is 4.02. The molecule has 1 aromatic carbocycles. The van der Waals surface area contributed by atoms with Crippen LogP contribution in [0.25, 0.3) is 21.2 Å². The Hall–Kier alpha value is -3.33. The van der Waals surface area contributed by atoms with Crippen LogP contribution in [0, 0.1) is 11.3 Å². The van der Waals surface area contributed by atoms with Crippen LogP contribution in [0.3, 0.4) is 0 Å². The van der Waals surface area contributed by atoms with Crippen molar-refractivity contribution in [3.05, 3.63) is 58.9 Å². The Bertz CT molecular complexity index is 1220. The number of fused-ring (bicyclic) bond motifs is 1. The lowest BCUT2D eigenvalue weighted by molar-refractivity contribution is -0.245. The van der Waals surface area contributed by atoms with E-state index in [-0.39, 0.29) is 6.54 Å². The van der Waals surface area contributed by atoms with Crippen LogP contribution in [0.1, 0.15) is 23.8 Å². The van der Waals surface area contributed by atoms with E-state index >= 15 is 0 Å². The number of aliphatic hydroxyl groups is 1. The number of nitrogens with zero attached hydrogens (tertiary/aromatic N) is 3. The first-order valence-corrected chi connectivity index (χ1v) is 10.6. The van der Waals surface area contributed by atoms with E-state index in [2.05, 4.69) is 11.1 Å². The van der Waals surface area contributed by atoms with E-state index in [0.717, 1.165) is 32.4 Å². The van der Waals surface area contributed by atoms with Gasteiger partial charge in [0, 0.05) is 39.7 Å². The van der Waals surface area contributed by atoms with E-state index < -0.39 is 23.9 Å². The highest BCUT2D eigenvalue weighted by molar-refractivity contribution is 7.20. The highest BCUT2D eigenvalue weighted by Crippen LogP contribution is 2.39. The summed E-state index contributed by atoms with van der Waals surface area (Å²) in [6.07, 6.45) is -3.07. The molecule has 0 bridgehead atoms. The van der Waals surface area contributed by atoms with Crippen molar-refractivity contribution in [1.82, 2.24) is 9.99 Å². The summed E-state index contributed by atoms with van der Waals surface area (Å²) in [6, 6.07) is 11.1. The van der Waals surface area contributed by atoms with E-state index in [1.165, 1.54) is 25.4 Å². The Morgan fingerprint density at radius 3 is 2.61 bits per heavy atom. The zero-order chi connectivity index (χ0) is 24.4. The van der Waals surface area contributed by atoms with Crippen LogP contribution in [0.2, 0.25) is 0 Å². The maximum absolute atomic E-state index is 13.2. The SMILES string of the molecule is CCC(O)(/C(N)=C/N(N)Cc1ccc2c(-c3ccc(OC)nc3)c(C#N)sc2c1)C(F)(F)F. The Morgan fingerprint density at radius 1 is 1.33 bits per heavy atom. The Morgan fingerprint density at radius 2 is 2.06 bits per heavy atom. The molecule has 174 valence electrons. The van der Waals surface area contributed by atoms with Crippen LogP contribution in [-0.2, 0) is 6.54 Å². The van der Waals surface area contributed by atoms with E-state index in [9.17, 15) is 23.5 Å². The average Bonchev–Trinajstić information content (AvgIpc) is 3.15. The fourth-order valence-corrected chi connectivity index (χ4v) is 4.45. The number of hydrogen-bond acceptors (Lipinski definition) is 8. The molecule has 0 aliphatic rings. The molecule has 0 aliphatic heterocycles. The van der Waals surface area contributed by atoms with Crippen molar-refractivity contribution in [2.24, 2.45) is 11.6 Å². The molecule has 0 amide bonds. The minimum absolute atomic E-state index is 0.0352. The Kier molecular flexibility index (Phi) is 6.83. The molecular weight excluding hydrogens is 455 g/mol. The summed E-state index contributed by atoms with van der Waals surface area (Å²) in [5.41, 5.74) is 3.77. The third-order valence-corrected chi connectivity index (χ3v) is 6.28. The first-order chi connectivity index (χ1) is 15.5. The minimum Gasteiger partial charge on any atom is -0.481 e. The molecule has 2 aromatic heterocycles. The molecule has 0 aliphatic carbocycles. The number of pyridine rings is 1. The first-order valence-electron chi connectivity index (χ1n) is 9.78. The van der Waals surface area contributed by atoms with Gasteiger partial charge in [0.05, 0.1) is 19.4 Å². The number of rotatable bonds is 7. The third-order valence-electron chi connectivity index (χ3n) is 5.22. The van der Waals surface area contributed by atoms with Crippen LogP contribution in [0.15, 0.2) is 48.4 Å². The molecule has 3 aromatic rings. The molecule has 7 nitrogen and oxygen atoms in total. The molecule has 1 atom stereocenters. The molecule has 5 N–H and O–H groups in total. The number of hydrogen-bond donors (Lipinski definition) is 3. The van der Waals surface area contributed by atoms with Crippen molar-refractivity contribution in [2.45, 2.75) is 31.7 Å². The van der Waals surface area contributed by atoms with Gasteiger partial charge >= 0.3 is 6.18 Å². The number of aromatic nitrogens is 1. The molecule has 0 radical (unpaired) electrons. The van der Waals surface area contributed by atoms with E-state index in [1.807, 2.05) is 12.1 Å². The van der Waals surface area contributed by atoms with Crippen molar-refractivity contribution in [2.75, 3.05) is 7.11 Å². The number of nitrogens with two attached hydrogens (primary N) is 2. The lowest BCUT2D eigenvalue weighted by Crippen LogP contribution is -2.49. The van der Waals surface area contributed by atoms with Gasteiger partial charge in [-0.3, -0.25) is 0 Å². The van der Waals surface area contributed by atoms with Crippen LogP contribution in [0.4, 0.5) is 13.2 Å². The molecule has 0 saturated heterocycles. The molecule has 1 unspecified atom stereocenters. The minimum atomic E-state index is -4.93. The maximum atomic E-state index is 13.2. The summed E-state index contributed by atoms with van der Waals surface area (Å²) in [5, 5.41) is 21.4. The smallest absolute Gasteiger partial charge is 0.422 e. The summed E-state index contributed by atoms with van der Waals surface area (Å²) in [7, 11) is 1.51.